The topological polar surface area (TPSA) is 26.7 Å². The molecule has 0 spiro atoms. The first-order valence-corrected chi connectivity index (χ1v) is 8.92. The predicted octanol–water partition coefficient (Wildman–Crippen LogP) is 3.31. The lowest BCUT2D eigenvalue weighted by molar-refractivity contribution is 0.0481. The molecule has 1 aliphatic rings. The van der Waals surface area contributed by atoms with E-state index in [4.69, 9.17) is 0 Å². The van der Waals surface area contributed by atoms with Crippen LogP contribution < -0.4 is 0 Å². The molecule has 1 N–H and O–H groups in total. The van der Waals surface area contributed by atoms with Gasteiger partial charge in [0.1, 0.15) is 11.6 Å². The summed E-state index contributed by atoms with van der Waals surface area (Å²) in [6, 6.07) is 8.12. The normalized spacial score (nSPS) is 18.8. The molecule has 0 amide bonds. The summed E-state index contributed by atoms with van der Waals surface area (Å²) in [5.41, 5.74) is 0.274. The molecule has 3 nitrogen and oxygen atoms in total. The van der Waals surface area contributed by atoms with Gasteiger partial charge in [-0.05, 0) is 24.6 Å². The van der Waals surface area contributed by atoms with Crippen molar-refractivity contribution in [2.75, 3.05) is 26.2 Å². The summed E-state index contributed by atoms with van der Waals surface area (Å²) in [4.78, 5) is 3.89. The number of aliphatic hydroxyl groups is 1. The first-order valence-electron chi connectivity index (χ1n) is 8.92. The summed E-state index contributed by atoms with van der Waals surface area (Å²) in [6.07, 6.45) is 0.457. The first-order chi connectivity index (χ1) is 13.0. The smallest absolute Gasteiger partial charge is 0.166 e. The second kappa shape index (κ2) is 8.82. The van der Waals surface area contributed by atoms with Crippen LogP contribution in [0.15, 0.2) is 36.4 Å². The molecule has 3 rings (SSSR count). The van der Waals surface area contributed by atoms with Gasteiger partial charge in [0.2, 0.25) is 0 Å². The molecule has 7 heteroatoms. The van der Waals surface area contributed by atoms with Crippen molar-refractivity contribution < 1.29 is 22.7 Å². The van der Waals surface area contributed by atoms with Gasteiger partial charge in [0.05, 0.1) is 0 Å². The van der Waals surface area contributed by atoms with Crippen LogP contribution in [-0.2, 0) is 13.1 Å². The highest BCUT2D eigenvalue weighted by molar-refractivity contribution is 5.21. The predicted molar refractivity (Wildman–Crippen MR) is 93.9 cm³/mol. The summed E-state index contributed by atoms with van der Waals surface area (Å²) < 4.78 is 55.2. The van der Waals surface area contributed by atoms with E-state index in [1.807, 2.05) is 4.90 Å². The van der Waals surface area contributed by atoms with Crippen LogP contribution >= 0.6 is 0 Å². The summed E-state index contributed by atoms with van der Waals surface area (Å²) in [5, 5.41) is 9.37. The van der Waals surface area contributed by atoms with Crippen molar-refractivity contribution in [3.8, 4) is 0 Å². The number of rotatable bonds is 6. The number of nitrogens with zero attached hydrogens (tertiary/aromatic N) is 2. The van der Waals surface area contributed by atoms with Gasteiger partial charge in [0.15, 0.2) is 11.6 Å². The van der Waals surface area contributed by atoms with E-state index < -0.39 is 17.5 Å². The largest absolute Gasteiger partial charge is 0.396 e. The molecule has 27 heavy (non-hydrogen) atoms. The molecule has 0 radical (unpaired) electrons. The van der Waals surface area contributed by atoms with Gasteiger partial charge in [-0.1, -0.05) is 18.2 Å². The number of hydrogen-bond acceptors (Lipinski definition) is 3. The van der Waals surface area contributed by atoms with Gasteiger partial charge in [-0.3, -0.25) is 9.80 Å². The molecule has 0 aliphatic carbocycles. The van der Waals surface area contributed by atoms with Gasteiger partial charge in [0.25, 0.3) is 0 Å². The Hall–Kier alpha value is -1.96. The average molecular weight is 382 g/mol. The molecule has 0 bridgehead atoms. The molecule has 1 saturated heterocycles. The van der Waals surface area contributed by atoms with Crippen LogP contribution in [0.5, 0.6) is 0 Å². The molecule has 0 saturated carbocycles. The van der Waals surface area contributed by atoms with E-state index in [0.29, 0.717) is 38.2 Å². The molecular formula is C20H22F4N2O. The van der Waals surface area contributed by atoms with Crippen LogP contribution in [0.3, 0.4) is 0 Å². The zero-order valence-corrected chi connectivity index (χ0v) is 14.8. The minimum absolute atomic E-state index is 0.0467. The molecule has 2 aromatic carbocycles. The van der Waals surface area contributed by atoms with Crippen LogP contribution in [0.4, 0.5) is 17.6 Å². The lowest BCUT2D eigenvalue weighted by Crippen LogP contribution is -2.52. The average Bonchev–Trinajstić information content (AvgIpc) is 2.66. The van der Waals surface area contributed by atoms with Gasteiger partial charge >= 0.3 is 0 Å². The number of benzene rings is 2. The molecule has 2 aromatic rings. The Morgan fingerprint density at radius 3 is 2.37 bits per heavy atom. The van der Waals surface area contributed by atoms with Crippen LogP contribution in [-0.4, -0.2) is 47.2 Å². The summed E-state index contributed by atoms with van der Waals surface area (Å²) in [5.74, 6) is -3.30. The number of hydrogen-bond donors (Lipinski definition) is 1. The third-order valence-corrected chi connectivity index (χ3v) is 5.00. The van der Waals surface area contributed by atoms with E-state index in [-0.39, 0.29) is 30.6 Å². The van der Waals surface area contributed by atoms with Gasteiger partial charge < -0.3 is 5.11 Å². The Labute approximate surface area is 155 Å². The summed E-state index contributed by atoms with van der Waals surface area (Å²) in [7, 11) is 0. The quantitative estimate of drug-likeness (QED) is 0.613. The summed E-state index contributed by atoms with van der Waals surface area (Å²) >= 11 is 0. The monoisotopic (exact) mass is 382 g/mol. The van der Waals surface area contributed by atoms with Gasteiger partial charge in [-0.25, -0.2) is 17.6 Å². The van der Waals surface area contributed by atoms with Gasteiger partial charge in [0, 0.05) is 56.5 Å². The Balaban J connectivity index is 1.71. The number of halogens is 4. The van der Waals surface area contributed by atoms with E-state index in [2.05, 4.69) is 4.90 Å². The lowest BCUT2D eigenvalue weighted by Gasteiger charge is -2.41. The molecule has 146 valence electrons. The van der Waals surface area contributed by atoms with E-state index in [9.17, 15) is 22.7 Å². The van der Waals surface area contributed by atoms with Crippen LogP contribution in [0, 0.1) is 23.3 Å². The standard InChI is InChI=1S/C20H22F4N2O/c21-17-4-2-1-3-14(17)11-26-9-8-25(12-15(26)7-10-27)13-16-18(22)5-6-19(23)20(16)24/h1-6,15,27H,7-13H2/t15-/m1/s1. The highest BCUT2D eigenvalue weighted by atomic mass is 19.2. The third-order valence-electron chi connectivity index (χ3n) is 5.00. The van der Waals surface area contributed by atoms with Crippen molar-refractivity contribution in [3.63, 3.8) is 0 Å². The highest BCUT2D eigenvalue weighted by Gasteiger charge is 2.28. The Morgan fingerprint density at radius 2 is 1.63 bits per heavy atom. The van der Waals surface area contributed by atoms with Crippen molar-refractivity contribution in [2.45, 2.75) is 25.6 Å². The van der Waals surface area contributed by atoms with Gasteiger partial charge in [-0.2, -0.15) is 0 Å². The van der Waals surface area contributed by atoms with E-state index in [1.165, 1.54) is 6.07 Å². The molecule has 1 atom stereocenters. The number of piperazine rings is 1. The van der Waals surface area contributed by atoms with E-state index in [1.54, 1.807) is 18.2 Å². The minimum Gasteiger partial charge on any atom is -0.396 e. The molecule has 1 heterocycles. The molecule has 1 aliphatic heterocycles. The van der Waals surface area contributed by atoms with Crippen LogP contribution in [0.1, 0.15) is 17.5 Å². The second-order valence-corrected chi connectivity index (χ2v) is 6.78. The van der Waals surface area contributed by atoms with Crippen molar-refractivity contribution >= 4 is 0 Å². The lowest BCUT2D eigenvalue weighted by atomic mass is 10.1. The maximum atomic E-state index is 13.9. The van der Waals surface area contributed by atoms with Crippen molar-refractivity contribution in [1.29, 1.82) is 0 Å². The van der Waals surface area contributed by atoms with E-state index in [0.717, 1.165) is 12.1 Å². The van der Waals surface area contributed by atoms with Crippen molar-refractivity contribution in [3.05, 3.63) is 70.8 Å². The zero-order valence-electron chi connectivity index (χ0n) is 14.8. The van der Waals surface area contributed by atoms with Crippen LogP contribution in [0.25, 0.3) is 0 Å². The first kappa shape index (κ1) is 19.8. The van der Waals surface area contributed by atoms with Crippen molar-refractivity contribution in [2.24, 2.45) is 0 Å². The Bertz CT molecular complexity index is 787. The third kappa shape index (κ3) is 4.66. The minimum atomic E-state index is -1.16. The van der Waals surface area contributed by atoms with Crippen LogP contribution in [0.2, 0.25) is 0 Å². The van der Waals surface area contributed by atoms with Gasteiger partial charge in [-0.15, -0.1) is 0 Å². The second-order valence-electron chi connectivity index (χ2n) is 6.78. The zero-order chi connectivity index (χ0) is 19.4. The maximum Gasteiger partial charge on any atom is 0.166 e. The highest BCUT2D eigenvalue weighted by Crippen LogP contribution is 2.22. The van der Waals surface area contributed by atoms with E-state index >= 15 is 0 Å². The summed E-state index contributed by atoms with van der Waals surface area (Å²) in [6.45, 7) is 1.81. The fourth-order valence-corrected chi connectivity index (χ4v) is 3.51. The molecule has 0 unspecified atom stereocenters. The number of aliphatic hydroxyl groups excluding tert-OH is 1. The fourth-order valence-electron chi connectivity index (χ4n) is 3.51. The molecular weight excluding hydrogens is 360 g/mol. The van der Waals surface area contributed by atoms with Crippen molar-refractivity contribution in [1.82, 2.24) is 9.80 Å². The maximum absolute atomic E-state index is 13.9. The Kier molecular flexibility index (Phi) is 6.46. The SMILES string of the molecule is OCC[C@@H]1CN(Cc2c(F)ccc(F)c2F)CCN1Cc1ccccc1F. The fraction of sp³-hybridized carbons (Fsp3) is 0.400. The Morgan fingerprint density at radius 1 is 0.889 bits per heavy atom. The molecule has 1 fully saturated rings. The molecule has 0 aromatic heterocycles.